The second-order valence-electron chi connectivity index (χ2n) is 2.25. The van der Waals surface area contributed by atoms with Gasteiger partial charge in [-0.25, -0.2) is 4.79 Å². The summed E-state index contributed by atoms with van der Waals surface area (Å²) in [5.74, 6) is -1.32. The summed E-state index contributed by atoms with van der Waals surface area (Å²) >= 11 is 28.2. The third kappa shape index (κ3) is 3.38. The van der Waals surface area contributed by atoms with Gasteiger partial charge in [-0.3, -0.25) is 0 Å². The Morgan fingerprint density at radius 3 is 1.33 bits per heavy atom. The van der Waals surface area contributed by atoms with Gasteiger partial charge >= 0.3 is 5.97 Å². The van der Waals surface area contributed by atoms with Gasteiger partial charge < -0.3 is 5.11 Å². The number of halogens is 5. The van der Waals surface area contributed by atoms with Gasteiger partial charge in [0, 0.05) is 51.4 Å². The zero-order valence-electron chi connectivity index (χ0n) is 7.25. The first-order chi connectivity index (χ1) is 6.37. The van der Waals surface area contributed by atoms with Gasteiger partial charge in [-0.1, -0.05) is 58.0 Å². The first-order valence-corrected chi connectivity index (χ1v) is 5.01. The summed E-state index contributed by atoms with van der Waals surface area (Å²) in [6, 6.07) is 0. The van der Waals surface area contributed by atoms with Crippen molar-refractivity contribution in [2.75, 3.05) is 0 Å². The third-order valence-electron chi connectivity index (χ3n) is 1.42. The fourth-order valence-electron chi connectivity index (χ4n) is 0.793. The molecule has 1 aromatic rings. The Kier molecular flexibility index (Phi) is 7.43. The first-order valence-electron chi connectivity index (χ1n) is 3.12. The van der Waals surface area contributed by atoms with Crippen molar-refractivity contribution in [1.29, 1.82) is 0 Å². The Balaban J connectivity index is 0.00000196. The van der Waals surface area contributed by atoms with E-state index in [1.54, 1.807) is 0 Å². The molecule has 0 bridgehead atoms. The minimum atomic E-state index is -1.32. The van der Waals surface area contributed by atoms with E-state index in [4.69, 9.17) is 63.1 Å². The van der Waals surface area contributed by atoms with Gasteiger partial charge in [0.05, 0.1) is 30.7 Å². The quantitative estimate of drug-likeness (QED) is 0.473. The second kappa shape index (κ2) is 6.64. The molecule has 0 fully saturated rings. The van der Waals surface area contributed by atoms with Crippen molar-refractivity contribution in [3.8, 4) is 0 Å². The summed E-state index contributed by atoms with van der Waals surface area (Å²) in [7, 11) is 0. The topological polar surface area (TPSA) is 37.3 Å². The molecule has 8 heteroatoms. The zero-order valence-corrected chi connectivity index (χ0v) is 14.1. The summed E-state index contributed by atoms with van der Waals surface area (Å²) in [6.45, 7) is 0. The number of benzene rings is 1. The molecule has 0 spiro atoms. The molecule has 0 amide bonds. The average Bonchev–Trinajstić information content (AvgIpc) is 2.11. The van der Waals surface area contributed by atoms with Crippen molar-refractivity contribution in [1.82, 2.24) is 0 Å². The summed E-state index contributed by atoms with van der Waals surface area (Å²) in [5.41, 5.74) is -0.354. The predicted octanol–water partition coefficient (Wildman–Crippen LogP) is 4.27. The van der Waals surface area contributed by atoms with Crippen LogP contribution in [0, 0.1) is 0 Å². The van der Waals surface area contributed by atoms with Crippen LogP contribution < -0.4 is 0 Å². The Morgan fingerprint density at radius 2 is 1.07 bits per heavy atom. The molecule has 0 saturated heterocycles. The largest absolute Gasteiger partial charge is 0.478 e. The van der Waals surface area contributed by atoms with Crippen molar-refractivity contribution in [2.24, 2.45) is 0 Å². The molecular formula is C7HCl5KO2. The molecule has 0 aromatic heterocycles. The maximum atomic E-state index is 10.7. The summed E-state index contributed by atoms with van der Waals surface area (Å²) < 4.78 is 0. The van der Waals surface area contributed by atoms with Crippen LogP contribution in [-0.4, -0.2) is 62.5 Å². The van der Waals surface area contributed by atoms with E-state index in [1.807, 2.05) is 0 Å². The Labute approximate surface area is 153 Å². The molecular weight excluding hydrogens is 332 g/mol. The molecule has 0 aliphatic rings. The van der Waals surface area contributed by atoms with Crippen molar-refractivity contribution in [3.63, 3.8) is 0 Å². The van der Waals surface area contributed by atoms with Gasteiger partial charge in [-0.05, 0) is 0 Å². The zero-order chi connectivity index (χ0) is 11.0. The average molecular weight is 333 g/mol. The SMILES string of the molecule is O=C(O)c1c(Cl)c(Cl)c(Cl)c(Cl)c1Cl.[K]. The van der Waals surface area contributed by atoms with Gasteiger partial charge in [0.2, 0.25) is 0 Å². The molecule has 1 N–H and O–H groups in total. The molecule has 0 saturated carbocycles. The van der Waals surface area contributed by atoms with Crippen LogP contribution >= 0.6 is 58.0 Å². The summed E-state index contributed by atoms with van der Waals surface area (Å²) in [5, 5.41) is 8.00. The van der Waals surface area contributed by atoms with Crippen LogP contribution in [-0.2, 0) is 0 Å². The fourth-order valence-corrected chi connectivity index (χ4v) is 2.09. The smallest absolute Gasteiger partial charge is 0.338 e. The minimum Gasteiger partial charge on any atom is -0.478 e. The number of carboxylic acid groups (broad SMARTS) is 1. The number of carbonyl (C=O) groups is 1. The molecule has 0 unspecified atom stereocenters. The molecule has 1 aromatic carbocycles. The van der Waals surface area contributed by atoms with Crippen molar-refractivity contribution in [3.05, 3.63) is 30.7 Å². The fraction of sp³-hybridized carbons (Fsp3) is 0. The standard InChI is InChI=1S/C7HCl5O2.K/c8-2-1(7(13)14)3(9)5(11)6(12)4(2)10;/h(H,13,14);. The summed E-state index contributed by atoms with van der Waals surface area (Å²) in [4.78, 5) is 10.7. The van der Waals surface area contributed by atoms with E-state index in [-0.39, 0.29) is 82.1 Å². The molecule has 1 rings (SSSR count). The summed E-state index contributed by atoms with van der Waals surface area (Å²) in [6.07, 6.45) is 0. The van der Waals surface area contributed by atoms with E-state index in [0.717, 1.165) is 0 Å². The van der Waals surface area contributed by atoms with Crippen LogP contribution in [0.1, 0.15) is 10.4 Å². The first kappa shape index (κ1) is 16.8. The van der Waals surface area contributed by atoms with E-state index in [0.29, 0.717) is 0 Å². The van der Waals surface area contributed by atoms with Gasteiger partial charge in [0.15, 0.2) is 0 Å². The van der Waals surface area contributed by atoms with E-state index in [9.17, 15) is 4.79 Å². The molecule has 0 aliphatic carbocycles. The van der Waals surface area contributed by atoms with Gasteiger partial charge in [0.25, 0.3) is 0 Å². The normalized spacial score (nSPS) is 9.67. The minimum absolute atomic E-state index is 0. The van der Waals surface area contributed by atoms with E-state index in [1.165, 1.54) is 0 Å². The molecule has 15 heavy (non-hydrogen) atoms. The molecule has 77 valence electrons. The number of rotatable bonds is 1. The van der Waals surface area contributed by atoms with Crippen molar-refractivity contribution < 1.29 is 9.90 Å². The van der Waals surface area contributed by atoms with Crippen LogP contribution in [0.4, 0.5) is 0 Å². The van der Waals surface area contributed by atoms with E-state index in [2.05, 4.69) is 0 Å². The Bertz CT molecular complexity index is 391. The third-order valence-corrected chi connectivity index (χ3v) is 3.70. The van der Waals surface area contributed by atoms with Gasteiger partial charge in [-0.15, -0.1) is 0 Å². The van der Waals surface area contributed by atoms with Gasteiger partial charge in [-0.2, -0.15) is 0 Å². The van der Waals surface area contributed by atoms with Crippen LogP contribution in [0.5, 0.6) is 0 Å². The van der Waals surface area contributed by atoms with E-state index >= 15 is 0 Å². The second-order valence-corrected chi connectivity index (χ2v) is 4.14. The van der Waals surface area contributed by atoms with E-state index < -0.39 is 5.97 Å². The Hall–Kier alpha value is 1.78. The monoisotopic (exact) mass is 331 g/mol. The maximum absolute atomic E-state index is 10.7. The molecule has 2 nitrogen and oxygen atoms in total. The molecule has 0 aliphatic heterocycles. The van der Waals surface area contributed by atoms with Crippen LogP contribution in [0.25, 0.3) is 0 Å². The van der Waals surface area contributed by atoms with Crippen LogP contribution in [0.2, 0.25) is 25.1 Å². The number of hydrogen-bond acceptors (Lipinski definition) is 1. The van der Waals surface area contributed by atoms with Crippen molar-refractivity contribution in [2.45, 2.75) is 0 Å². The number of hydrogen-bond donors (Lipinski definition) is 1. The van der Waals surface area contributed by atoms with Crippen molar-refractivity contribution >= 4 is 115 Å². The molecule has 1 radical (unpaired) electrons. The van der Waals surface area contributed by atoms with Crippen LogP contribution in [0.3, 0.4) is 0 Å². The number of carboxylic acids is 1. The molecule has 0 atom stereocenters. The molecule has 0 heterocycles. The maximum Gasteiger partial charge on any atom is 0.338 e. The van der Waals surface area contributed by atoms with Crippen LogP contribution in [0.15, 0.2) is 0 Å². The van der Waals surface area contributed by atoms with Gasteiger partial charge in [0.1, 0.15) is 0 Å². The number of aromatic carboxylic acids is 1. The Morgan fingerprint density at radius 1 is 0.800 bits per heavy atom. The predicted molar refractivity (Wildman–Crippen MR) is 64.2 cm³/mol.